The zero-order valence-corrected chi connectivity index (χ0v) is 6.20. The van der Waals surface area contributed by atoms with Gasteiger partial charge in [0.25, 0.3) is 0 Å². The molecule has 0 fully saturated rings. The molecule has 1 rings (SSSR count). The van der Waals surface area contributed by atoms with Crippen LogP contribution in [0.2, 0.25) is 0 Å². The van der Waals surface area contributed by atoms with Gasteiger partial charge in [-0.15, -0.1) is 0 Å². The van der Waals surface area contributed by atoms with Crippen molar-refractivity contribution >= 4 is 11.8 Å². The van der Waals surface area contributed by atoms with E-state index in [2.05, 4.69) is 15.3 Å². The first-order chi connectivity index (χ1) is 5.27. The Balaban J connectivity index is 2.99. The van der Waals surface area contributed by atoms with Gasteiger partial charge in [-0.1, -0.05) is 0 Å². The van der Waals surface area contributed by atoms with Gasteiger partial charge < -0.3 is 16.2 Å². The summed E-state index contributed by atoms with van der Waals surface area (Å²) in [6.45, 7) is -0.129. The van der Waals surface area contributed by atoms with E-state index in [1.807, 2.05) is 0 Å². The molecule has 1 aromatic rings. The lowest BCUT2D eigenvalue weighted by Gasteiger charge is -2.02. The van der Waals surface area contributed by atoms with Gasteiger partial charge >= 0.3 is 0 Å². The minimum Gasteiger partial charge on any atom is -0.391 e. The molecule has 60 valence electrons. The highest BCUT2D eigenvalue weighted by Crippen LogP contribution is 2.08. The number of nitrogen functional groups attached to an aromatic ring is 1. The minimum atomic E-state index is -0.129. The van der Waals surface area contributed by atoms with Crippen molar-refractivity contribution in [3.63, 3.8) is 0 Å². The molecule has 0 bridgehead atoms. The second-order valence-corrected chi connectivity index (χ2v) is 2.01. The highest BCUT2D eigenvalue weighted by molar-refractivity contribution is 5.42. The van der Waals surface area contributed by atoms with Crippen LogP contribution in [0.4, 0.5) is 11.8 Å². The Morgan fingerprint density at radius 2 is 2.45 bits per heavy atom. The molecule has 0 aliphatic carbocycles. The summed E-state index contributed by atoms with van der Waals surface area (Å²) in [4.78, 5) is 7.72. The van der Waals surface area contributed by atoms with Crippen LogP contribution in [-0.2, 0) is 6.61 Å². The van der Waals surface area contributed by atoms with E-state index in [0.717, 1.165) is 0 Å². The SMILES string of the molecule is CNc1ncc(CO)c(N)n1. The molecule has 0 aliphatic heterocycles. The van der Waals surface area contributed by atoms with E-state index < -0.39 is 0 Å². The molecule has 0 saturated heterocycles. The first kappa shape index (κ1) is 7.74. The molecule has 0 saturated carbocycles. The number of nitrogens with zero attached hydrogens (tertiary/aromatic N) is 2. The second-order valence-electron chi connectivity index (χ2n) is 2.01. The fourth-order valence-electron chi connectivity index (χ4n) is 0.662. The van der Waals surface area contributed by atoms with E-state index >= 15 is 0 Å². The predicted molar refractivity (Wildman–Crippen MR) is 41.9 cm³/mol. The molecule has 0 spiro atoms. The maximum absolute atomic E-state index is 8.70. The Morgan fingerprint density at radius 3 is 2.91 bits per heavy atom. The van der Waals surface area contributed by atoms with Gasteiger partial charge in [0, 0.05) is 18.8 Å². The van der Waals surface area contributed by atoms with Crippen molar-refractivity contribution in [3.05, 3.63) is 11.8 Å². The summed E-state index contributed by atoms with van der Waals surface area (Å²) >= 11 is 0. The number of nitrogens with two attached hydrogens (primary N) is 1. The van der Waals surface area contributed by atoms with Crippen LogP contribution in [0, 0.1) is 0 Å². The first-order valence-corrected chi connectivity index (χ1v) is 3.18. The van der Waals surface area contributed by atoms with E-state index in [1.54, 1.807) is 7.05 Å². The van der Waals surface area contributed by atoms with Gasteiger partial charge in [0.2, 0.25) is 5.95 Å². The molecule has 1 aromatic heterocycles. The number of aliphatic hydroxyl groups is 1. The highest BCUT2D eigenvalue weighted by atomic mass is 16.3. The van der Waals surface area contributed by atoms with Crippen molar-refractivity contribution in [3.8, 4) is 0 Å². The number of aliphatic hydroxyl groups excluding tert-OH is 1. The zero-order chi connectivity index (χ0) is 8.27. The van der Waals surface area contributed by atoms with Crippen LogP contribution < -0.4 is 11.1 Å². The van der Waals surface area contributed by atoms with Crippen LogP contribution in [0.1, 0.15) is 5.56 Å². The Labute approximate surface area is 64.3 Å². The molecule has 5 heteroatoms. The van der Waals surface area contributed by atoms with Crippen molar-refractivity contribution in [2.75, 3.05) is 18.1 Å². The summed E-state index contributed by atoms with van der Waals surface area (Å²) in [7, 11) is 1.70. The van der Waals surface area contributed by atoms with Crippen LogP contribution in [0.15, 0.2) is 6.20 Å². The number of anilines is 2. The van der Waals surface area contributed by atoms with E-state index in [4.69, 9.17) is 10.8 Å². The lowest BCUT2D eigenvalue weighted by Crippen LogP contribution is -2.03. The quantitative estimate of drug-likeness (QED) is 0.539. The third-order valence-corrected chi connectivity index (χ3v) is 1.29. The van der Waals surface area contributed by atoms with Gasteiger partial charge in [-0.2, -0.15) is 4.98 Å². The van der Waals surface area contributed by atoms with Crippen molar-refractivity contribution in [1.82, 2.24) is 9.97 Å². The molecule has 0 unspecified atom stereocenters. The Bertz CT molecular complexity index is 250. The fraction of sp³-hybridized carbons (Fsp3) is 0.333. The number of nitrogens with one attached hydrogen (secondary N) is 1. The van der Waals surface area contributed by atoms with Gasteiger partial charge in [-0.05, 0) is 0 Å². The lowest BCUT2D eigenvalue weighted by molar-refractivity contribution is 0.281. The highest BCUT2D eigenvalue weighted by Gasteiger charge is 2.00. The average molecular weight is 154 g/mol. The number of hydrogen-bond donors (Lipinski definition) is 3. The normalized spacial score (nSPS) is 9.64. The molecule has 0 aromatic carbocycles. The van der Waals surface area contributed by atoms with E-state index in [0.29, 0.717) is 17.3 Å². The molecule has 11 heavy (non-hydrogen) atoms. The van der Waals surface area contributed by atoms with Crippen molar-refractivity contribution in [1.29, 1.82) is 0 Å². The molecule has 0 aliphatic rings. The van der Waals surface area contributed by atoms with Crippen molar-refractivity contribution in [2.24, 2.45) is 0 Å². The number of hydrogen-bond acceptors (Lipinski definition) is 5. The zero-order valence-electron chi connectivity index (χ0n) is 6.20. The maximum Gasteiger partial charge on any atom is 0.224 e. The lowest BCUT2D eigenvalue weighted by atomic mass is 10.3. The molecule has 0 radical (unpaired) electrons. The van der Waals surface area contributed by atoms with Crippen LogP contribution in [-0.4, -0.2) is 22.1 Å². The average Bonchev–Trinajstić information content (AvgIpc) is 2.04. The molecular weight excluding hydrogens is 144 g/mol. The van der Waals surface area contributed by atoms with E-state index in [9.17, 15) is 0 Å². The molecule has 4 N–H and O–H groups in total. The van der Waals surface area contributed by atoms with Gasteiger partial charge in [-0.25, -0.2) is 4.98 Å². The van der Waals surface area contributed by atoms with Gasteiger partial charge in [0.05, 0.1) is 6.61 Å². The van der Waals surface area contributed by atoms with Crippen LogP contribution in [0.25, 0.3) is 0 Å². The molecule has 1 heterocycles. The van der Waals surface area contributed by atoms with Crippen molar-refractivity contribution in [2.45, 2.75) is 6.61 Å². The summed E-state index contributed by atoms with van der Waals surface area (Å²) in [5.41, 5.74) is 6.00. The largest absolute Gasteiger partial charge is 0.391 e. The molecule has 0 atom stereocenters. The molecule has 0 amide bonds. The summed E-state index contributed by atoms with van der Waals surface area (Å²) in [5.74, 6) is 0.770. The summed E-state index contributed by atoms with van der Waals surface area (Å²) in [6, 6.07) is 0. The van der Waals surface area contributed by atoms with Crippen LogP contribution in [0.5, 0.6) is 0 Å². The van der Waals surface area contributed by atoms with Crippen LogP contribution in [0.3, 0.4) is 0 Å². The van der Waals surface area contributed by atoms with E-state index in [1.165, 1.54) is 6.20 Å². The molecule has 5 nitrogen and oxygen atoms in total. The minimum absolute atomic E-state index is 0.129. The Morgan fingerprint density at radius 1 is 1.73 bits per heavy atom. The Kier molecular flexibility index (Phi) is 2.22. The van der Waals surface area contributed by atoms with E-state index in [-0.39, 0.29) is 6.61 Å². The topological polar surface area (TPSA) is 84.1 Å². The maximum atomic E-state index is 8.70. The monoisotopic (exact) mass is 154 g/mol. The molecular formula is C6H10N4O. The van der Waals surface area contributed by atoms with Gasteiger partial charge in [0.1, 0.15) is 5.82 Å². The first-order valence-electron chi connectivity index (χ1n) is 3.18. The smallest absolute Gasteiger partial charge is 0.224 e. The predicted octanol–water partition coefficient (Wildman–Crippen LogP) is -0.407. The van der Waals surface area contributed by atoms with Gasteiger partial charge in [-0.3, -0.25) is 0 Å². The second kappa shape index (κ2) is 3.16. The van der Waals surface area contributed by atoms with Crippen molar-refractivity contribution < 1.29 is 5.11 Å². The number of aromatic nitrogens is 2. The third-order valence-electron chi connectivity index (χ3n) is 1.29. The number of rotatable bonds is 2. The summed E-state index contributed by atoms with van der Waals surface area (Å²) < 4.78 is 0. The third kappa shape index (κ3) is 1.56. The summed E-state index contributed by atoms with van der Waals surface area (Å²) in [5, 5.41) is 11.4. The summed E-state index contributed by atoms with van der Waals surface area (Å²) in [6.07, 6.45) is 1.49. The standard InChI is InChI=1S/C6H10N4O/c1-8-6-9-2-4(3-11)5(7)10-6/h2,11H,3H2,1H3,(H3,7,8,9,10). The Hall–Kier alpha value is -1.36. The fourth-order valence-corrected chi connectivity index (χ4v) is 0.662. The van der Waals surface area contributed by atoms with Crippen LogP contribution >= 0.6 is 0 Å². The van der Waals surface area contributed by atoms with Gasteiger partial charge in [0.15, 0.2) is 0 Å².